The fourth-order valence-corrected chi connectivity index (χ4v) is 3.01. The van der Waals surface area contributed by atoms with Gasteiger partial charge in [0.25, 0.3) is 0 Å². The maximum Gasteiger partial charge on any atom is 0.225 e. The number of aromatic nitrogens is 3. The number of halogens is 1. The van der Waals surface area contributed by atoms with Crippen molar-refractivity contribution in [1.29, 1.82) is 0 Å². The molecule has 1 aliphatic heterocycles. The van der Waals surface area contributed by atoms with Crippen LogP contribution in [0, 0.1) is 11.7 Å². The molecule has 24 heavy (non-hydrogen) atoms. The monoisotopic (exact) mass is 332 g/mol. The van der Waals surface area contributed by atoms with Gasteiger partial charge < -0.3 is 14.2 Å². The average molecular weight is 332 g/mol. The summed E-state index contributed by atoms with van der Waals surface area (Å²) >= 11 is 0. The Balaban J connectivity index is 1.64. The predicted octanol–water partition coefficient (Wildman–Crippen LogP) is 1.73. The number of amides is 1. The molecule has 0 saturated carbocycles. The highest BCUT2D eigenvalue weighted by atomic mass is 19.1. The lowest BCUT2D eigenvalue weighted by atomic mass is 9.99. The maximum absolute atomic E-state index is 13.3. The summed E-state index contributed by atoms with van der Waals surface area (Å²) in [6, 6.07) is 6.39. The van der Waals surface area contributed by atoms with Crippen molar-refractivity contribution in [3.63, 3.8) is 0 Å². The smallest absolute Gasteiger partial charge is 0.225 e. The molecule has 1 aliphatic rings. The predicted molar refractivity (Wildman–Crippen MR) is 85.5 cm³/mol. The molecule has 7 heteroatoms. The summed E-state index contributed by atoms with van der Waals surface area (Å²) < 4.78 is 20.8. The molecule has 2 heterocycles. The summed E-state index contributed by atoms with van der Waals surface area (Å²) in [7, 11) is 1.85. The van der Waals surface area contributed by atoms with Crippen LogP contribution in [0.2, 0.25) is 0 Å². The molecule has 1 saturated heterocycles. The van der Waals surface area contributed by atoms with Gasteiger partial charge in [0, 0.05) is 19.5 Å². The van der Waals surface area contributed by atoms with Gasteiger partial charge in [0.1, 0.15) is 18.2 Å². The van der Waals surface area contributed by atoms with Crippen molar-refractivity contribution in [2.45, 2.75) is 19.4 Å². The van der Waals surface area contributed by atoms with Crippen LogP contribution in [0.5, 0.6) is 0 Å². The Hall–Kier alpha value is -2.28. The number of carbonyl (C=O) groups excluding carboxylic acids is 1. The van der Waals surface area contributed by atoms with Gasteiger partial charge in [-0.2, -0.15) is 0 Å². The number of hydrogen-bond donors (Lipinski definition) is 0. The Morgan fingerprint density at radius 3 is 3.04 bits per heavy atom. The van der Waals surface area contributed by atoms with Crippen LogP contribution in [-0.2, 0) is 23.0 Å². The summed E-state index contributed by atoms with van der Waals surface area (Å²) in [5.74, 6) is 0.269. The lowest BCUT2D eigenvalue weighted by molar-refractivity contribution is -0.143. The van der Waals surface area contributed by atoms with E-state index in [9.17, 15) is 9.18 Å². The zero-order valence-electron chi connectivity index (χ0n) is 13.9. The van der Waals surface area contributed by atoms with Gasteiger partial charge in [0.2, 0.25) is 5.91 Å². The molecule has 3 rings (SSSR count). The Bertz CT molecular complexity index is 718. The molecule has 0 aliphatic carbocycles. The van der Waals surface area contributed by atoms with Crippen LogP contribution in [0.15, 0.2) is 30.6 Å². The van der Waals surface area contributed by atoms with Gasteiger partial charge >= 0.3 is 0 Å². The highest BCUT2D eigenvalue weighted by Crippen LogP contribution is 2.22. The highest BCUT2D eigenvalue weighted by molar-refractivity contribution is 5.79. The second-order valence-corrected chi connectivity index (χ2v) is 6.18. The summed E-state index contributed by atoms with van der Waals surface area (Å²) in [4.78, 5) is 14.5. The SMILES string of the molecule is C[C@@H](Cc1cccc(F)c1)C(=O)N1CCO[C@@H](c2nncn2C)C1. The molecule has 1 amide bonds. The molecular weight excluding hydrogens is 311 g/mol. The van der Waals surface area contributed by atoms with E-state index in [1.807, 2.05) is 20.0 Å². The van der Waals surface area contributed by atoms with E-state index in [1.54, 1.807) is 21.9 Å². The van der Waals surface area contributed by atoms with Gasteiger partial charge in [0.05, 0.1) is 13.2 Å². The van der Waals surface area contributed by atoms with Gasteiger partial charge in [-0.05, 0) is 24.1 Å². The third-order valence-electron chi connectivity index (χ3n) is 4.27. The molecule has 128 valence electrons. The first-order valence-corrected chi connectivity index (χ1v) is 8.03. The third kappa shape index (κ3) is 3.62. The lowest BCUT2D eigenvalue weighted by Gasteiger charge is -2.34. The van der Waals surface area contributed by atoms with E-state index in [0.29, 0.717) is 31.9 Å². The number of aryl methyl sites for hydroxylation is 1. The van der Waals surface area contributed by atoms with Crippen LogP contribution in [0.25, 0.3) is 0 Å². The Labute approximate surface area is 140 Å². The lowest BCUT2D eigenvalue weighted by Crippen LogP contribution is -2.45. The summed E-state index contributed by atoms with van der Waals surface area (Å²) in [6.45, 7) is 3.36. The normalized spacial score (nSPS) is 19.3. The zero-order valence-corrected chi connectivity index (χ0v) is 13.9. The van der Waals surface area contributed by atoms with Gasteiger partial charge in [0.15, 0.2) is 5.82 Å². The van der Waals surface area contributed by atoms with Crippen molar-refractivity contribution < 1.29 is 13.9 Å². The molecule has 0 spiro atoms. The number of benzene rings is 1. The second-order valence-electron chi connectivity index (χ2n) is 6.18. The van der Waals surface area contributed by atoms with Crippen LogP contribution in [0.3, 0.4) is 0 Å². The molecule has 0 radical (unpaired) electrons. The van der Waals surface area contributed by atoms with Crippen molar-refractivity contribution in [1.82, 2.24) is 19.7 Å². The average Bonchev–Trinajstić information content (AvgIpc) is 3.00. The van der Waals surface area contributed by atoms with E-state index in [0.717, 1.165) is 5.56 Å². The minimum absolute atomic E-state index is 0.0507. The quantitative estimate of drug-likeness (QED) is 0.856. The Morgan fingerprint density at radius 2 is 2.33 bits per heavy atom. The van der Waals surface area contributed by atoms with Crippen molar-refractivity contribution in [3.05, 3.63) is 47.8 Å². The minimum atomic E-state index is -0.277. The van der Waals surface area contributed by atoms with Gasteiger partial charge in [-0.15, -0.1) is 10.2 Å². The van der Waals surface area contributed by atoms with E-state index >= 15 is 0 Å². The molecule has 2 aromatic rings. The van der Waals surface area contributed by atoms with Crippen molar-refractivity contribution in [2.24, 2.45) is 13.0 Å². The molecular formula is C17H21FN4O2. The van der Waals surface area contributed by atoms with Crippen molar-refractivity contribution in [3.8, 4) is 0 Å². The van der Waals surface area contributed by atoms with E-state index in [-0.39, 0.29) is 23.7 Å². The molecule has 0 unspecified atom stereocenters. The molecule has 1 aromatic carbocycles. The van der Waals surface area contributed by atoms with E-state index in [4.69, 9.17) is 4.74 Å². The third-order valence-corrected chi connectivity index (χ3v) is 4.27. The minimum Gasteiger partial charge on any atom is -0.366 e. The van der Waals surface area contributed by atoms with Crippen LogP contribution >= 0.6 is 0 Å². The second kappa shape index (κ2) is 7.09. The maximum atomic E-state index is 13.3. The first kappa shape index (κ1) is 16.6. The van der Waals surface area contributed by atoms with E-state index in [1.165, 1.54) is 12.1 Å². The number of morpholine rings is 1. The first-order chi connectivity index (χ1) is 11.5. The number of nitrogens with zero attached hydrogens (tertiary/aromatic N) is 4. The van der Waals surface area contributed by atoms with Crippen LogP contribution < -0.4 is 0 Å². The Kier molecular flexibility index (Phi) is 4.89. The summed E-state index contributed by atoms with van der Waals surface area (Å²) in [6.07, 6.45) is 1.87. The van der Waals surface area contributed by atoms with Gasteiger partial charge in [-0.1, -0.05) is 19.1 Å². The fraction of sp³-hybridized carbons (Fsp3) is 0.471. The number of rotatable bonds is 4. The van der Waals surface area contributed by atoms with Crippen LogP contribution in [0.4, 0.5) is 4.39 Å². The molecule has 1 aromatic heterocycles. The fourth-order valence-electron chi connectivity index (χ4n) is 3.01. The Morgan fingerprint density at radius 1 is 1.50 bits per heavy atom. The number of ether oxygens (including phenoxy) is 1. The van der Waals surface area contributed by atoms with Gasteiger partial charge in [-0.25, -0.2) is 4.39 Å². The first-order valence-electron chi connectivity index (χ1n) is 8.03. The van der Waals surface area contributed by atoms with E-state index in [2.05, 4.69) is 10.2 Å². The van der Waals surface area contributed by atoms with Crippen molar-refractivity contribution in [2.75, 3.05) is 19.7 Å². The standard InChI is InChI=1S/C17H21FN4O2/c1-12(8-13-4-3-5-14(18)9-13)17(23)22-6-7-24-15(10-22)16-20-19-11-21(16)2/h3-5,9,11-12,15H,6-8,10H2,1-2H3/t12-,15+/m0/s1. The van der Waals surface area contributed by atoms with Crippen LogP contribution in [-0.4, -0.2) is 45.3 Å². The molecule has 0 bridgehead atoms. The van der Waals surface area contributed by atoms with Crippen LogP contribution in [0.1, 0.15) is 24.4 Å². The van der Waals surface area contributed by atoms with E-state index < -0.39 is 0 Å². The van der Waals surface area contributed by atoms with Crippen molar-refractivity contribution >= 4 is 5.91 Å². The highest BCUT2D eigenvalue weighted by Gasteiger charge is 2.30. The zero-order chi connectivity index (χ0) is 17.1. The van der Waals surface area contributed by atoms with Gasteiger partial charge in [-0.3, -0.25) is 4.79 Å². The number of hydrogen-bond acceptors (Lipinski definition) is 4. The topological polar surface area (TPSA) is 60.3 Å². The summed E-state index contributed by atoms with van der Waals surface area (Å²) in [5, 5.41) is 7.92. The molecule has 2 atom stereocenters. The molecule has 0 N–H and O–H groups in total. The molecule has 6 nitrogen and oxygen atoms in total. The summed E-state index contributed by atoms with van der Waals surface area (Å²) in [5.41, 5.74) is 0.828. The largest absolute Gasteiger partial charge is 0.366 e. The number of carbonyl (C=O) groups is 1. The molecule has 1 fully saturated rings.